The molecule has 0 bridgehead atoms. The molecule has 37 heavy (non-hydrogen) atoms. The number of benzene rings is 2. The van der Waals surface area contributed by atoms with E-state index in [4.69, 9.17) is 9.47 Å². The van der Waals surface area contributed by atoms with Crippen molar-refractivity contribution >= 4 is 40.0 Å². The van der Waals surface area contributed by atoms with E-state index in [0.717, 1.165) is 28.2 Å². The van der Waals surface area contributed by atoms with Gasteiger partial charge in [-0.05, 0) is 36.6 Å². The number of aryl methyl sites for hydroxylation is 2. The van der Waals surface area contributed by atoms with E-state index in [2.05, 4.69) is 22.4 Å². The number of thiophene rings is 1. The lowest BCUT2D eigenvalue weighted by Gasteiger charge is -2.08. The van der Waals surface area contributed by atoms with Crippen LogP contribution in [0.3, 0.4) is 0 Å². The van der Waals surface area contributed by atoms with E-state index < -0.39 is 5.97 Å². The minimum atomic E-state index is -0.492. The zero-order valence-electron chi connectivity index (χ0n) is 21.1. The Kier molecular flexibility index (Phi) is 8.62. The molecular formula is C27H28N4O4S2. The molecule has 2 heterocycles. The number of carbonyl (C=O) groups is 2. The molecule has 4 aromatic rings. The van der Waals surface area contributed by atoms with Crippen molar-refractivity contribution in [1.82, 2.24) is 14.8 Å². The van der Waals surface area contributed by atoms with Crippen molar-refractivity contribution in [3.63, 3.8) is 0 Å². The molecule has 192 valence electrons. The molecule has 0 saturated heterocycles. The van der Waals surface area contributed by atoms with E-state index in [1.54, 1.807) is 4.57 Å². The van der Waals surface area contributed by atoms with Crippen LogP contribution in [-0.4, -0.2) is 39.5 Å². The third-order valence-corrected chi connectivity index (χ3v) is 7.79. The van der Waals surface area contributed by atoms with Crippen molar-refractivity contribution < 1.29 is 19.1 Å². The molecule has 0 aliphatic rings. The van der Waals surface area contributed by atoms with Crippen molar-refractivity contribution in [2.75, 3.05) is 18.2 Å². The van der Waals surface area contributed by atoms with Gasteiger partial charge in [0.15, 0.2) is 11.0 Å². The highest BCUT2D eigenvalue weighted by molar-refractivity contribution is 7.99. The van der Waals surface area contributed by atoms with Crippen molar-refractivity contribution in [3.8, 4) is 16.9 Å². The summed E-state index contributed by atoms with van der Waals surface area (Å²) in [4.78, 5) is 26.4. The summed E-state index contributed by atoms with van der Waals surface area (Å²) in [6.07, 6.45) is 0.974. The third kappa shape index (κ3) is 6.20. The van der Waals surface area contributed by atoms with Gasteiger partial charge in [0.2, 0.25) is 5.91 Å². The smallest absolute Gasteiger partial charge is 0.341 e. The van der Waals surface area contributed by atoms with Gasteiger partial charge in [-0.2, -0.15) is 0 Å². The summed E-state index contributed by atoms with van der Waals surface area (Å²) < 4.78 is 12.7. The number of hydrogen-bond donors (Lipinski definition) is 1. The van der Waals surface area contributed by atoms with Crippen LogP contribution in [0.5, 0.6) is 5.75 Å². The first-order valence-electron chi connectivity index (χ1n) is 11.7. The molecule has 2 aromatic carbocycles. The van der Waals surface area contributed by atoms with Gasteiger partial charge in [-0.15, -0.1) is 21.5 Å². The monoisotopic (exact) mass is 536 g/mol. The van der Waals surface area contributed by atoms with Crippen LogP contribution in [0.15, 0.2) is 59.8 Å². The van der Waals surface area contributed by atoms with Gasteiger partial charge in [-0.1, -0.05) is 61.2 Å². The number of carbonyl (C=O) groups excluding carboxylic acids is 2. The van der Waals surface area contributed by atoms with Crippen molar-refractivity contribution in [3.05, 3.63) is 76.4 Å². The lowest BCUT2D eigenvalue weighted by molar-refractivity contribution is -0.113. The zero-order valence-corrected chi connectivity index (χ0v) is 22.7. The standard InChI is InChI=1S/C27H28N4O4S2/c1-5-18-11-13-20(14-12-18)35-15-21-29-30-27(31(21)3)36-16-22(32)28-25-24(26(33)34-4)23(17(2)37-25)19-9-7-6-8-10-19/h6-14H,5,15-16H2,1-4H3,(H,28,32). The Morgan fingerprint density at radius 2 is 1.81 bits per heavy atom. The minimum Gasteiger partial charge on any atom is -0.486 e. The molecule has 0 aliphatic carbocycles. The van der Waals surface area contributed by atoms with Gasteiger partial charge < -0.3 is 19.4 Å². The Labute approximate surface area is 224 Å². The lowest BCUT2D eigenvalue weighted by Crippen LogP contribution is -2.16. The number of ether oxygens (including phenoxy) is 2. The van der Waals surface area contributed by atoms with Crippen LogP contribution in [0.2, 0.25) is 0 Å². The number of amides is 1. The van der Waals surface area contributed by atoms with E-state index in [9.17, 15) is 9.59 Å². The molecule has 0 fully saturated rings. The molecular weight excluding hydrogens is 508 g/mol. The molecule has 1 amide bonds. The highest BCUT2D eigenvalue weighted by Crippen LogP contribution is 2.40. The first kappa shape index (κ1) is 26.4. The van der Waals surface area contributed by atoms with Gasteiger partial charge in [0.1, 0.15) is 22.9 Å². The van der Waals surface area contributed by atoms with Crippen LogP contribution < -0.4 is 10.1 Å². The average molecular weight is 537 g/mol. The Morgan fingerprint density at radius 1 is 1.08 bits per heavy atom. The summed E-state index contributed by atoms with van der Waals surface area (Å²) in [5, 5.41) is 12.3. The molecule has 8 nitrogen and oxygen atoms in total. The Balaban J connectivity index is 1.40. The second-order valence-corrected chi connectivity index (χ2v) is 10.3. The maximum Gasteiger partial charge on any atom is 0.341 e. The van der Waals surface area contributed by atoms with Gasteiger partial charge in [0.05, 0.1) is 12.9 Å². The zero-order chi connectivity index (χ0) is 26.4. The summed E-state index contributed by atoms with van der Waals surface area (Å²) in [5.41, 5.74) is 3.26. The van der Waals surface area contributed by atoms with Crippen LogP contribution in [0.25, 0.3) is 11.1 Å². The highest BCUT2D eigenvalue weighted by Gasteiger charge is 2.25. The van der Waals surface area contributed by atoms with E-state index in [1.807, 2.05) is 68.6 Å². The average Bonchev–Trinajstić information content (AvgIpc) is 3.44. The molecule has 4 rings (SSSR count). The summed E-state index contributed by atoms with van der Waals surface area (Å²) in [7, 11) is 3.17. The topological polar surface area (TPSA) is 95.3 Å². The van der Waals surface area contributed by atoms with E-state index in [1.165, 1.54) is 35.8 Å². The number of rotatable bonds is 10. The van der Waals surface area contributed by atoms with E-state index in [-0.39, 0.29) is 18.3 Å². The van der Waals surface area contributed by atoms with Crippen LogP contribution in [0.1, 0.15) is 33.5 Å². The first-order valence-corrected chi connectivity index (χ1v) is 13.5. The SMILES string of the molecule is CCc1ccc(OCc2nnc(SCC(=O)Nc3sc(C)c(-c4ccccc4)c3C(=O)OC)n2C)cc1. The van der Waals surface area contributed by atoms with Gasteiger partial charge >= 0.3 is 5.97 Å². The molecule has 0 aliphatic heterocycles. The molecule has 0 spiro atoms. The molecule has 0 saturated carbocycles. The third-order valence-electron chi connectivity index (χ3n) is 5.75. The summed E-state index contributed by atoms with van der Waals surface area (Å²) in [6.45, 7) is 4.29. The molecule has 0 atom stereocenters. The number of aromatic nitrogens is 3. The Hall–Kier alpha value is -3.63. The van der Waals surface area contributed by atoms with Crippen molar-refractivity contribution in [1.29, 1.82) is 0 Å². The summed E-state index contributed by atoms with van der Waals surface area (Å²) in [5.74, 6) is 0.762. The van der Waals surface area contributed by atoms with E-state index in [0.29, 0.717) is 21.5 Å². The van der Waals surface area contributed by atoms with Gasteiger partial charge in [-0.25, -0.2) is 4.79 Å². The Bertz CT molecular complexity index is 1380. The number of thioether (sulfide) groups is 1. The highest BCUT2D eigenvalue weighted by atomic mass is 32.2. The molecule has 2 aromatic heterocycles. The minimum absolute atomic E-state index is 0.101. The van der Waals surface area contributed by atoms with Gasteiger partial charge in [0, 0.05) is 17.5 Å². The van der Waals surface area contributed by atoms with E-state index >= 15 is 0 Å². The second-order valence-electron chi connectivity index (χ2n) is 8.18. The lowest BCUT2D eigenvalue weighted by atomic mass is 10.0. The largest absolute Gasteiger partial charge is 0.486 e. The van der Waals surface area contributed by atoms with Gasteiger partial charge in [0.25, 0.3) is 0 Å². The quantitative estimate of drug-likeness (QED) is 0.211. The Morgan fingerprint density at radius 3 is 2.49 bits per heavy atom. The fraction of sp³-hybridized carbons (Fsp3) is 0.259. The maximum atomic E-state index is 12.8. The van der Waals surface area contributed by atoms with Gasteiger partial charge in [-0.3, -0.25) is 4.79 Å². The van der Waals surface area contributed by atoms with Crippen molar-refractivity contribution in [2.24, 2.45) is 7.05 Å². The maximum absolute atomic E-state index is 12.8. The first-order chi connectivity index (χ1) is 17.9. The predicted octanol–water partition coefficient (Wildman–Crippen LogP) is 5.51. The number of esters is 1. The number of anilines is 1. The fourth-order valence-electron chi connectivity index (χ4n) is 3.74. The van der Waals surface area contributed by atoms with Crippen LogP contribution in [0, 0.1) is 6.92 Å². The number of methoxy groups -OCH3 is 1. The fourth-order valence-corrected chi connectivity index (χ4v) is 5.55. The number of nitrogens with zero attached hydrogens (tertiary/aromatic N) is 3. The number of nitrogens with one attached hydrogen (secondary N) is 1. The molecule has 0 unspecified atom stereocenters. The van der Waals surface area contributed by atoms with Crippen molar-refractivity contribution in [2.45, 2.75) is 32.0 Å². The predicted molar refractivity (Wildman–Crippen MR) is 146 cm³/mol. The van der Waals surface area contributed by atoms with Crippen LogP contribution in [0.4, 0.5) is 5.00 Å². The second kappa shape index (κ2) is 12.1. The van der Waals surface area contributed by atoms with Crippen LogP contribution in [-0.2, 0) is 29.6 Å². The molecule has 10 heteroatoms. The summed E-state index contributed by atoms with van der Waals surface area (Å²) >= 11 is 2.61. The molecule has 0 radical (unpaired) electrons. The van der Waals surface area contributed by atoms with Crippen LogP contribution >= 0.6 is 23.1 Å². The number of hydrogen-bond acceptors (Lipinski definition) is 8. The normalized spacial score (nSPS) is 10.8. The summed E-state index contributed by atoms with van der Waals surface area (Å²) in [6, 6.07) is 17.5. The molecule has 1 N–H and O–H groups in total.